The normalized spacial score (nSPS) is 20.4. The maximum Gasteiger partial charge on any atom is 0.257 e. The highest BCUT2D eigenvalue weighted by Gasteiger charge is 2.25. The Labute approximate surface area is 99.0 Å². The fourth-order valence-corrected chi connectivity index (χ4v) is 1.97. The van der Waals surface area contributed by atoms with Gasteiger partial charge < -0.3 is 15.3 Å². The molecule has 0 bridgehead atoms. The van der Waals surface area contributed by atoms with Gasteiger partial charge in [0.2, 0.25) is 0 Å². The molecule has 0 saturated carbocycles. The summed E-state index contributed by atoms with van der Waals surface area (Å²) in [7, 11) is 0. The zero-order chi connectivity index (χ0) is 12.4. The number of aromatic hydroxyl groups is 1. The number of piperazine rings is 1. The van der Waals surface area contributed by atoms with Crippen molar-refractivity contribution < 1.29 is 14.3 Å². The molecule has 92 valence electrons. The summed E-state index contributed by atoms with van der Waals surface area (Å²) >= 11 is 0. The summed E-state index contributed by atoms with van der Waals surface area (Å²) in [5.41, 5.74) is 0.0107. The SMILES string of the molecule is C[C@@H]1CNCCN1C(=O)c1ccc(O)cc1F. The largest absolute Gasteiger partial charge is 0.508 e. The molecule has 1 saturated heterocycles. The number of nitrogens with one attached hydrogen (secondary N) is 1. The predicted molar refractivity (Wildman–Crippen MR) is 61.4 cm³/mol. The lowest BCUT2D eigenvalue weighted by molar-refractivity contribution is 0.0651. The van der Waals surface area contributed by atoms with Gasteiger partial charge in [0.05, 0.1) is 5.56 Å². The van der Waals surface area contributed by atoms with Crippen LogP contribution in [0, 0.1) is 5.82 Å². The molecular weight excluding hydrogens is 223 g/mol. The maximum absolute atomic E-state index is 13.6. The Hall–Kier alpha value is -1.62. The lowest BCUT2D eigenvalue weighted by Crippen LogP contribution is -2.52. The molecule has 1 atom stereocenters. The number of halogens is 1. The molecule has 1 aliphatic rings. The van der Waals surface area contributed by atoms with E-state index in [0.717, 1.165) is 12.6 Å². The summed E-state index contributed by atoms with van der Waals surface area (Å²) in [5, 5.41) is 12.3. The lowest BCUT2D eigenvalue weighted by Gasteiger charge is -2.34. The molecule has 1 aliphatic heterocycles. The van der Waals surface area contributed by atoms with Crippen molar-refractivity contribution in [2.24, 2.45) is 0 Å². The van der Waals surface area contributed by atoms with Gasteiger partial charge >= 0.3 is 0 Å². The third-order valence-corrected chi connectivity index (χ3v) is 2.95. The molecule has 1 fully saturated rings. The first-order chi connectivity index (χ1) is 8.09. The molecule has 1 aromatic carbocycles. The van der Waals surface area contributed by atoms with Gasteiger partial charge in [0, 0.05) is 31.7 Å². The van der Waals surface area contributed by atoms with Crippen molar-refractivity contribution in [2.75, 3.05) is 19.6 Å². The number of benzene rings is 1. The van der Waals surface area contributed by atoms with Crippen LogP contribution < -0.4 is 5.32 Å². The van der Waals surface area contributed by atoms with E-state index in [-0.39, 0.29) is 23.3 Å². The molecule has 0 radical (unpaired) electrons. The molecule has 2 N–H and O–H groups in total. The van der Waals surface area contributed by atoms with Crippen LogP contribution in [0.25, 0.3) is 0 Å². The van der Waals surface area contributed by atoms with Crippen molar-refractivity contribution >= 4 is 5.91 Å². The molecule has 2 rings (SSSR count). The standard InChI is InChI=1S/C12H15FN2O2/c1-8-7-14-4-5-15(8)12(17)10-3-2-9(16)6-11(10)13/h2-3,6,8,14,16H,4-5,7H2,1H3/t8-/m1/s1. The Morgan fingerprint density at radius 1 is 1.59 bits per heavy atom. The van der Waals surface area contributed by atoms with Crippen molar-refractivity contribution in [2.45, 2.75) is 13.0 Å². The first kappa shape index (κ1) is 11.9. The van der Waals surface area contributed by atoms with Crippen LogP contribution in [0.3, 0.4) is 0 Å². The minimum Gasteiger partial charge on any atom is -0.508 e. The topological polar surface area (TPSA) is 52.6 Å². The van der Waals surface area contributed by atoms with Crippen LogP contribution in [0.5, 0.6) is 5.75 Å². The van der Waals surface area contributed by atoms with E-state index in [9.17, 15) is 9.18 Å². The van der Waals surface area contributed by atoms with E-state index in [1.807, 2.05) is 6.92 Å². The number of rotatable bonds is 1. The molecule has 0 unspecified atom stereocenters. The average molecular weight is 238 g/mol. The molecule has 5 heteroatoms. The number of amides is 1. The highest BCUT2D eigenvalue weighted by Crippen LogP contribution is 2.18. The van der Waals surface area contributed by atoms with Gasteiger partial charge in [0.1, 0.15) is 11.6 Å². The summed E-state index contributed by atoms with van der Waals surface area (Å²) in [5.74, 6) is -1.18. The van der Waals surface area contributed by atoms with Gasteiger partial charge in [-0.25, -0.2) is 4.39 Å². The van der Waals surface area contributed by atoms with Crippen LogP contribution in [0.4, 0.5) is 4.39 Å². The second-order valence-corrected chi connectivity index (χ2v) is 4.22. The summed E-state index contributed by atoms with van der Waals surface area (Å²) < 4.78 is 13.6. The van der Waals surface area contributed by atoms with Crippen LogP contribution in [-0.4, -0.2) is 41.6 Å². The first-order valence-corrected chi connectivity index (χ1v) is 5.60. The van der Waals surface area contributed by atoms with Gasteiger partial charge in [0.25, 0.3) is 5.91 Å². The second-order valence-electron chi connectivity index (χ2n) is 4.22. The van der Waals surface area contributed by atoms with E-state index < -0.39 is 5.82 Å². The summed E-state index contributed by atoms with van der Waals surface area (Å²) in [4.78, 5) is 13.8. The van der Waals surface area contributed by atoms with Crippen molar-refractivity contribution in [1.29, 1.82) is 0 Å². The number of hydrogen-bond donors (Lipinski definition) is 2. The molecule has 0 spiro atoms. The summed E-state index contributed by atoms with van der Waals surface area (Å²) in [6.45, 7) is 3.92. The van der Waals surface area contributed by atoms with E-state index >= 15 is 0 Å². The van der Waals surface area contributed by atoms with E-state index in [1.54, 1.807) is 4.90 Å². The average Bonchev–Trinajstić information content (AvgIpc) is 2.29. The van der Waals surface area contributed by atoms with Gasteiger partial charge in [-0.1, -0.05) is 0 Å². The molecule has 1 heterocycles. The monoisotopic (exact) mass is 238 g/mol. The number of hydrogen-bond acceptors (Lipinski definition) is 3. The third-order valence-electron chi connectivity index (χ3n) is 2.95. The van der Waals surface area contributed by atoms with Crippen LogP contribution >= 0.6 is 0 Å². The Balaban J connectivity index is 2.24. The third kappa shape index (κ3) is 2.39. The second kappa shape index (κ2) is 4.71. The number of carbonyl (C=O) groups excluding carboxylic acids is 1. The Bertz CT molecular complexity index is 437. The fourth-order valence-electron chi connectivity index (χ4n) is 1.97. The maximum atomic E-state index is 13.6. The highest BCUT2D eigenvalue weighted by atomic mass is 19.1. The van der Waals surface area contributed by atoms with Crippen LogP contribution in [0.15, 0.2) is 18.2 Å². The number of phenolic OH excluding ortho intramolecular Hbond substituents is 1. The van der Waals surface area contributed by atoms with E-state index in [1.165, 1.54) is 12.1 Å². The molecule has 0 aromatic heterocycles. The van der Waals surface area contributed by atoms with Gasteiger partial charge in [-0.3, -0.25) is 4.79 Å². The summed E-state index contributed by atoms with van der Waals surface area (Å²) in [6.07, 6.45) is 0. The van der Waals surface area contributed by atoms with Gasteiger partial charge in [0.15, 0.2) is 0 Å². The predicted octanol–water partition coefficient (Wildman–Crippen LogP) is 0.965. The van der Waals surface area contributed by atoms with Gasteiger partial charge in [-0.2, -0.15) is 0 Å². The zero-order valence-corrected chi connectivity index (χ0v) is 9.61. The van der Waals surface area contributed by atoms with Crippen molar-refractivity contribution in [3.63, 3.8) is 0 Å². The number of carbonyl (C=O) groups is 1. The van der Waals surface area contributed by atoms with Gasteiger partial charge in [-0.05, 0) is 19.1 Å². The van der Waals surface area contributed by atoms with Crippen molar-refractivity contribution in [3.8, 4) is 5.75 Å². The highest BCUT2D eigenvalue weighted by molar-refractivity contribution is 5.95. The molecule has 1 aromatic rings. The fraction of sp³-hybridized carbons (Fsp3) is 0.417. The Morgan fingerprint density at radius 2 is 2.35 bits per heavy atom. The zero-order valence-electron chi connectivity index (χ0n) is 9.61. The van der Waals surface area contributed by atoms with E-state index in [0.29, 0.717) is 13.1 Å². The summed E-state index contributed by atoms with van der Waals surface area (Å²) in [6, 6.07) is 3.65. The van der Waals surface area contributed by atoms with Crippen molar-refractivity contribution in [1.82, 2.24) is 10.2 Å². The van der Waals surface area contributed by atoms with Crippen LogP contribution in [-0.2, 0) is 0 Å². The van der Waals surface area contributed by atoms with Gasteiger partial charge in [-0.15, -0.1) is 0 Å². The minimum atomic E-state index is -0.680. The molecule has 1 amide bonds. The number of phenols is 1. The molecular formula is C12H15FN2O2. The quantitative estimate of drug-likeness (QED) is 0.766. The van der Waals surface area contributed by atoms with E-state index in [2.05, 4.69) is 5.32 Å². The smallest absolute Gasteiger partial charge is 0.257 e. The van der Waals surface area contributed by atoms with Crippen molar-refractivity contribution in [3.05, 3.63) is 29.6 Å². The Morgan fingerprint density at radius 3 is 3.00 bits per heavy atom. The van der Waals surface area contributed by atoms with Crippen LogP contribution in [0.1, 0.15) is 17.3 Å². The number of nitrogens with zero attached hydrogens (tertiary/aromatic N) is 1. The van der Waals surface area contributed by atoms with E-state index in [4.69, 9.17) is 5.11 Å². The minimum absolute atomic E-state index is 0.0107. The Kier molecular flexibility index (Phi) is 3.28. The lowest BCUT2D eigenvalue weighted by atomic mass is 10.1. The van der Waals surface area contributed by atoms with Crippen LogP contribution in [0.2, 0.25) is 0 Å². The molecule has 0 aliphatic carbocycles. The first-order valence-electron chi connectivity index (χ1n) is 5.60. The molecule has 4 nitrogen and oxygen atoms in total. The molecule has 17 heavy (non-hydrogen) atoms.